The zero-order chi connectivity index (χ0) is 11.8. The average Bonchev–Trinajstić information content (AvgIpc) is 2.74. The maximum absolute atomic E-state index is 5.77. The quantitative estimate of drug-likeness (QED) is 0.668. The van der Waals surface area contributed by atoms with Gasteiger partial charge in [0.1, 0.15) is 11.2 Å². The molecule has 0 aliphatic heterocycles. The summed E-state index contributed by atoms with van der Waals surface area (Å²) in [6.45, 7) is 0. The van der Waals surface area contributed by atoms with Crippen LogP contribution in [0.1, 0.15) is 0 Å². The van der Waals surface area contributed by atoms with Crippen LogP contribution in [0.4, 0.5) is 5.82 Å². The molecule has 2 N–H and O–H groups in total. The van der Waals surface area contributed by atoms with Gasteiger partial charge in [0.25, 0.3) is 0 Å². The highest BCUT2D eigenvalue weighted by atomic mass is 35.5. The fraction of sp³-hybridized carbons (Fsp3) is 0. The maximum atomic E-state index is 5.77. The second-order valence-electron chi connectivity index (χ2n) is 3.45. The van der Waals surface area contributed by atoms with Gasteiger partial charge in [-0.3, -0.25) is 0 Å². The molecule has 2 heterocycles. The van der Waals surface area contributed by atoms with Gasteiger partial charge in [0.05, 0.1) is 0 Å². The van der Waals surface area contributed by atoms with Crippen LogP contribution in [0.15, 0.2) is 34.9 Å². The third kappa shape index (κ3) is 1.60. The molecule has 17 heavy (non-hydrogen) atoms. The Labute approximate surface area is 101 Å². The Morgan fingerprint density at radius 2 is 1.88 bits per heavy atom. The first-order valence-corrected chi connectivity index (χ1v) is 5.27. The van der Waals surface area contributed by atoms with E-state index in [9.17, 15) is 0 Å². The molecule has 1 aromatic carbocycles. The van der Waals surface area contributed by atoms with Gasteiger partial charge >= 0.3 is 0 Å². The molecule has 0 unspecified atom stereocenters. The molecule has 0 spiro atoms. The molecule has 0 aliphatic carbocycles. The van der Waals surface area contributed by atoms with E-state index in [1.54, 1.807) is 0 Å². The summed E-state index contributed by atoms with van der Waals surface area (Å²) in [5.41, 5.74) is 8.05. The van der Waals surface area contributed by atoms with Crippen molar-refractivity contribution in [3.8, 4) is 11.3 Å². The zero-order valence-electron chi connectivity index (χ0n) is 8.59. The molecule has 3 aromatic rings. The van der Waals surface area contributed by atoms with Gasteiger partial charge < -0.3 is 10.3 Å². The highest BCUT2D eigenvalue weighted by molar-refractivity contribution is 6.28. The molecule has 0 bridgehead atoms. The normalized spacial score (nSPS) is 10.9. The van der Waals surface area contributed by atoms with Crippen molar-refractivity contribution in [3.05, 3.63) is 35.6 Å². The molecule has 3 rings (SSSR count). The number of rotatable bonds is 1. The number of anilines is 1. The minimum Gasteiger partial charge on any atom is -0.380 e. The number of nitrogens with zero attached hydrogens (tertiary/aromatic N) is 3. The highest BCUT2D eigenvalue weighted by Gasteiger charge is 2.15. The predicted octanol–water partition coefficient (Wildman–Crippen LogP) is 2.52. The van der Waals surface area contributed by atoms with Crippen LogP contribution in [0.3, 0.4) is 0 Å². The number of nitrogen functional groups attached to an aromatic ring is 1. The van der Waals surface area contributed by atoms with Crippen LogP contribution in [0.5, 0.6) is 0 Å². The third-order valence-electron chi connectivity index (χ3n) is 2.36. The summed E-state index contributed by atoms with van der Waals surface area (Å²) < 4.78 is 5.13. The lowest BCUT2D eigenvalue weighted by atomic mass is 10.1. The minimum atomic E-state index is 0.0791. The SMILES string of the molecule is Nc1nc(Cl)nc2c(-c3ccccc3)noc12. The Morgan fingerprint density at radius 1 is 1.12 bits per heavy atom. The molecule has 0 amide bonds. The van der Waals surface area contributed by atoms with Gasteiger partial charge in [0, 0.05) is 5.56 Å². The van der Waals surface area contributed by atoms with Crippen molar-refractivity contribution in [1.29, 1.82) is 0 Å². The number of benzene rings is 1. The number of hydrogen-bond donors (Lipinski definition) is 1. The smallest absolute Gasteiger partial charge is 0.228 e. The Kier molecular flexibility index (Phi) is 2.19. The van der Waals surface area contributed by atoms with Gasteiger partial charge in [-0.1, -0.05) is 35.5 Å². The van der Waals surface area contributed by atoms with Crippen molar-refractivity contribution in [1.82, 2.24) is 15.1 Å². The van der Waals surface area contributed by atoms with Gasteiger partial charge in [-0.15, -0.1) is 0 Å². The number of hydrogen-bond acceptors (Lipinski definition) is 5. The van der Waals surface area contributed by atoms with Crippen LogP contribution in [0.25, 0.3) is 22.4 Å². The Bertz CT molecular complexity index is 681. The summed E-state index contributed by atoms with van der Waals surface area (Å²) in [7, 11) is 0. The lowest BCUT2D eigenvalue weighted by Crippen LogP contribution is -1.93. The molecule has 0 atom stereocenters. The van der Waals surface area contributed by atoms with E-state index in [0.717, 1.165) is 5.56 Å². The van der Waals surface area contributed by atoms with Gasteiger partial charge in [0.2, 0.25) is 10.9 Å². The van der Waals surface area contributed by atoms with Crippen LogP contribution in [-0.2, 0) is 0 Å². The minimum absolute atomic E-state index is 0.0791. The van der Waals surface area contributed by atoms with Gasteiger partial charge in [-0.25, -0.2) is 4.98 Å². The molecular formula is C11H7ClN4O. The van der Waals surface area contributed by atoms with Crippen molar-refractivity contribution < 1.29 is 4.52 Å². The highest BCUT2D eigenvalue weighted by Crippen LogP contribution is 2.29. The summed E-state index contributed by atoms with van der Waals surface area (Å²) in [4.78, 5) is 7.90. The number of fused-ring (bicyclic) bond motifs is 1. The predicted molar refractivity (Wildman–Crippen MR) is 64.5 cm³/mol. The van der Waals surface area contributed by atoms with Crippen LogP contribution < -0.4 is 5.73 Å². The standard InChI is InChI=1S/C11H7ClN4O/c12-11-14-8-7(6-4-2-1-3-5-6)16-17-9(8)10(13)15-11/h1-5H,(H2,13,14,15). The number of nitrogens with two attached hydrogens (primary N) is 1. The third-order valence-corrected chi connectivity index (χ3v) is 2.53. The maximum Gasteiger partial charge on any atom is 0.228 e. The molecule has 6 heteroatoms. The molecule has 0 saturated carbocycles. The van der Waals surface area contributed by atoms with E-state index in [1.807, 2.05) is 30.3 Å². The first-order valence-electron chi connectivity index (χ1n) is 4.89. The number of halogens is 1. The molecule has 2 aromatic heterocycles. The molecular weight excluding hydrogens is 240 g/mol. The molecule has 5 nitrogen and oxygen atoms in total. The van der Waals surface area contributed by atoms with Crippen molar-refractivity contribution in [3.63, 3.8) is 0 Å². The van der Waals surface area contributed by atoms with Gasteiger partial charge in [-0.2, -0.15) is 4.98 Å². The largest absolute Gasteiger partial charge is 0.380 e. The summed E-state index contributed by atoms with van der Waals surface area (Å²) in [5, 5.41) is 4.03. The fourth-order valence-electron chi connectivity index (χ4n) is 1.61. The van der Waals surface area contributed by atoms with Crippen LogP contribution in [0, 0.1) is 0 Å². The second-order valence-corrected chi connectivity index (χ2v) is 3.79. The fourth-order valence-corrected chi connectivity index (χ4v) is 1.79. The summed E-state index contributed by atoms with van der Waals surface area (Å²) in [6.07, 6.45) is 0. The van der Waals surface area contributed by atoms with E-state index in [0.29, 0.717) is 16.8 Å². The van der Waals surface area contributed by atoms with Crippen LogP contribution >= 0.6 is 11.6 Å². The summed E-state index contributed by atoms with van der Waals surface area (Å²) >= 11 is 5.77. The molecule has 84 valence electrons. The summed E-state index contributed by atoms with van der Waals surface area (Å²) in [5.74, 6) is 0.190. The zero-order valence-corrected chi connectivity index (χ0v) is 9.35. The summed E-state index contributed by atoms with van der Waals surface area (Å²) in [6, 6.07) is 9.54. The first-order chi connectivity index (χ1) is 8.25. The first kappa shape index (κ1) is 10.0. The monoisotopic (exact) mass is 246 g/mol. The number of aromatic nitrogens is 3. The topological polar surface area (TPSA) is 77.8 Å². The Morgan fingerprint density at radius 3 is 2.65 bits per heavy atom. The average molecular weight is 247 g/mol. The molecule has 0 saturated heterocycles. The van der Waals surface area contributed by atoms with Crippen LogP contribution in [0.2, 0.25) is 5.28 Å². The van der Waals surface area contributed by atoms with Crippen molar-refractivity contribution in [2.45, 2.75) is 0 Å². The lowest BCUT2D eigenvalue weighted by Gasteiger charge is -1.96. The van der Waals surface area contributed by atoms with Gasteiger partial charge in [0.15, 0.2) is 5.82 Å². The molecule has 0 radical (unpaired) electrons. The Balaban J connectivity index is 2.32. The van der Waals surface area contributed by atoms with Crippen LogP contribution in [-0.4, -0.2) is 15.1 Å². The van der Waals surface area contributed by atoms with E-state index in [4.69, 9.17) is 21.9 Å². The van der Waals surface area contributed by atoms with E-state index in [1.165, 1.54) is 0 Å². The van der Waals surface area contributed by atoms with E-state index in [-0.39, 0.29) is 11.1 Å². The van der Waals surface area contributed by atoms with E-state index >= 15 is 0 Å². The Hall–Kier alpha value is -2.14. The molecule has 0 fully saturated rings. The lowest BCUT2D eigenvalue weighted by molar-refractivity contribution is 0.459. The van der Waals surface area contributed by atoms with Gasteiger partial charge in [-0.05, 0) is 11.6 Å². The van der Waals surface area contributed by atoms with Crippen molar-refractivity contribution in [2.75, 3.05) is 5.73 Å². The van der Waals surface area contributed by atoms with Crippen molar-refractivity contribution >= 4 is 28.5 Å². The van der Waals surface area contributed by atoms with E-state index in [2.05, 4.69) is 15.1 Å². The second kappa shape index (κ2) is 3.71. The van der Waals surface area contributed by atoms with E-state index < -0.39 is 0 Å². The van der Waals surface area contributed by atoms with Crippen molar-refractivity contribution in [2.24, 2.45) is 0 Å². The molecule has 0 aliphatic rings.